The van der Waals surface area contributed by atoms with E-state index >= 15 is 0 Å². The number of carbonyl (C=O) groups excluding carboxylic acids is 1. The molecule has 0 heterocycles. The van der Waals surface area contributed by atoms with Gasteiger partial charge < -0.3 is 10.7 Å². The molecule has 0 aromatic heterocycles. The first-order valence-electron chi connectivity index (χ1n) is 3.90. The quantitative estimate of drug-likeness (QED) is 0.508. The zero-order chi connectivity index (χ0) is 9.07. The molecule has 0 amide bonds. The van der Waals surface area contributed by atoms with E-state index < -0.39 is 5.41 Å². The fraction of sp³-hybridized carbons (Fsp3) is 0.778. The van der Waals surface area contributed by atoms with Crippen LogP contribution in [-0.2, 0) is 63.3 Å². The van der Waals surface area contributed by atoms with Crippen LogP contribution in [0.5, 0.6) is 0 Å². The van der Waals surface area contributed by atoms with Crippen molar-refractivity contribution in [2.24, 2.45) is 5.41 Å². The van der Waals surface area contributed by atoms with Gasteiger partial charge in [-0.15, -0.1) is 0 Å². The molecular formula is C9H17O2WY-. The zero-order valence-corrected chi connectivity index (χ0v) is 14.8. The molecule has 13 heavy (non-hydrogen) atoms. The molecule has 0 N–H and O–H groups in total. The van der Waals surface area contributed by atoms with Gasteiger partial charge in [-0.2, -0.15) is 13.8 Å². The number of rotatable bonds is 3. The van der Waals surface area contributed by atoms with Gasteiger partial charge >= 0.3 is 0 Å². The maximum absolute atomic E-state index is 11.3. The summed E-state index contributed by atoms with van der Waals surface area (Å²) in [4.78, 5) is 11.3. The van der Waals surface area contributed by atoms with Crippen molar-refractivity contribution in [3.05, 3.63) is 5.92 Å². The molecule has 0 aromatic carbocycles. The van der Waals surface area contributed by atoms with Gasteiger partial charge in [0.2, 0.25) is 0 Å². The van der Waals surface area contributed by atoms with E-state index in [4.69, 9.17) is 4.74 Å². The van der Waals surface area contributed by atoms with Crippen LogP contribution in [0.15, 0.2) is 0 Å². The number of ether oxygens (including phenoxy) is 1. The first-order valence-corrected chi connectivity index (χ1v) is 3.90. The molecule has 0 aliphatic heterocycles. The van der Waals surface area contributed by atoms with Crippen LogP contribution in [0.1, 0.15) is 34.6 Å². The summed E-state index contributed by atoms with van der Waals surface area (Å²) in [6.07, 6.45) is 0. The molecule has 75 valence electrons. The SMILES string of the molecule is CCOC(=O)C(C)(C)[C-](C)C.[W].[Y]. The minimum absolute atomic E-state index is 0. The third kappa shape index (κ3) is 6.36. The largest absolute Gasteiger partial charge is 0.467 e. The van der Waals surface area contributed by atoms with E-state index in [2.05, 4.69) is 0 Å². The summed E-state index contributed by atoms with van der Waals surface area (Å²) in [6.45, 7) is 9.91. The Kier molecular flexibility index (Phi) is 13.0. The Balaban J connectivity index is -0.000000500. The molecule has 0 saturated carbocycles. The molecular weight excluding hydrogens is 413 g/mol. The van der Waals surface area contributed by atoms with Gasteiger partial charge in [0, 0.05) is 53.8 Å². The van der Waals surface area contributed by atoms with Crippen molar-refractivity contribution in [1.29, 1.82) is 0 Å². The molecule has 1 radical (unpaired) electrons. The molecule has 0 fully saturated rings. The monoisotopic (exact) mass is 430 g/mol. The van der Waals surface area contributed by atoms with E-state index in [1.807, 2.05) is 34.6 Å². The summed E-state index contributed by atoms with van der Waals surface area (Å²) in [5, 5.41) is 0. The summed E-state index contributed by atoms with van der Waals surface area (Å²) in [5.41, 5.74) is -0.435. The molecule has 0 unspecified atom stereocenters. The first kappa shape index (κ1) is 19.8. The average molecular weight is 430 g/mol. The number of esters is 1. The van der Waals surface area contributed by atoms with Gasteiger partial charge in [0.15, 0.2) is 0 Å². The first-order chi connectivity index (χ1) is 4.92. The fourth-order valence-electron chi connectivity index (χ4n) is 0.516. The minimum Gasteiger partial charge on any atom is -0.467 e. The molecule has 0 rings (SSSR count). The van der Waals surface area contributed by atoms with Crippen molar-refractivity contribution in [3.8, 4) is 0 Å². The predicted molar refractivity (Wildman–Crippen MR) is 45.0 cm³/mol. The molecule has 4 heteroatoms. The topological polar surface area (TPSA) is 26.3 Å². The Morgan fingerprint density at radius 1 is 1.38 bits per heavy atom. The van der Waals surface area contributed by atoms with Gasteiger partial charge in [-0.25, -0.2) is 0 Å². The average Bonchev–Trinajstić information content (AvgIpc) is 1.88. The van der Waals surface area contributed by atoms with Crippen molar-refractivity contribution >= 4 is 5.97 Å². The van der Waals surface area contributed by atoms with Gasteiger partial charge in [-0.05, 0) is 6.92 Å². The molecule has 0 aliphatic carbocycles. The second-order valence-electron chi connectivity index (χ2n) is 3.35. The smallest absolute Gasteiger partial charge is 0.281 e. The standard InChI is InChI=1S/C9H17O2.W.Y/c1-6-11-8(10)9(4,5)7(2)3;;/h6H2,1-5H3;;/q-1;;. The van der Waals surface area contributed by atoms with Gasteiger partial charge in [-0.3, -0.25) is 4.79 Å². The van der Waals surface area contributed by atoms with Crippen molar-refractivity contribution in [2.75, 3.05) is 6.61 Å². The van der Waals surface area contributed by atoms with E-state index in [0.29, 0.717) is 6.61 Å². The second kappa shape index (κ2) is 8.56. The van der Waals surface area contributed by atoms with Gasteiger partial charge in [0.1, 0.15) is 0 Å². The fourth-order valence-corrected chi connectivity index (χ4v) is 0.516. The van der Waals surface area contributed by atoms with Crippen molar-refractivity contribution in [3.63, 3.8) is 0 Å². The molecule has 0 saturated heterocycles. The molecule has 0 aromatic rings. The maximum Gasteiger partial charge on any atom is 0.281 e. The van der Waals surface area contributed by atoms with Crippen LogP contribution >= 0.6 is 0 Å². The van der Waals surface area contributed by atoms with E-state index in [9.17, 15) is 4.79 Å². The van der Waals surface area contributed by atoms with Gasteiger partial charge in [-0.1, -0.05) is 19.3 Å². The van der Waals surface area contributed by atoms with Crippen LogP contribution in [-0.4, -0.2) is 12.6 Å². The van der Waals surface area contributed by atoms with Crippen LogP contribution in [0.2, 0.25) is 0 Å². The number of hydrogen-bond donors (Lipinski definition) is 0. The number of carbonyl (C=O) groups is 1. The minimum atomic E-state index is -0.435. The van der Waals surface area contributed by atoms with Crippen molar-refractivity contribution < 1.29 is 63.3 Å². The summed E-state index contributed by atoms with van der Waals surface area (Å²) in [5.74, 6) is 0.941. The number of hydrogen-bond acceptors (Lipinski definition) is 2. The zero-order valence-electron chi connectivity index (χ0n) is 9.01. The van der Waals surface area contributed by atoms with E-state index in [1.54, 1.807) is 0 Å². The van der Waals surface area contributed by atoms with Crippen LogP contribution < -0.4 is 0 Å². The Morgan fingerprint density at radius 2 is 1.77 bits per heavy atom. The van der Waals surface area contributed by atoms with Crippen molar-refractivity contribution in [1.82, 2.24) is 0 Å². The Labute approximate surface area is 121 Å². The van der Waals surface area contributed by atoms with E-state index in [-0.39, 0.29) is 59.7 Å². The third-order valence-electron chi connectivity index (χ3n) is 2.04. The Morgan fingerprint density at radius 3 is 2.00 bits per heavy atom. The summed E-state index contributed by atoms with van der Waals surface area (Å²) in [6, 6.07) is 0. The molecule has 0 aliphatic rings. The van der Waals surface area contributed by atoms with Crippen LogP contribution in [0.4, 0.5) is 0 Å². The van der Waals surface area contributed by atoms with Crippen LogP contribution in [0.3, 0.4) is 0 Å². The normalized spacial score (nSPS) is 10.0. The summed E-state index contributed by atoms with van der Waals surface area (Å²) >= 11 is 0. The van der Waals surface area contributed by atoms with E-state index in [0.717, 1.165) is 5.92 Å². The van der Waals surface area contributed by atoms with Crippen LogP contribution in [0.25, 0.3) is 0 Å². The van der Waals surface area contributed by atoms with E-state index in [1.165, 1.54) is 0 Å². The van der Waals surface area contributed by atoms with Gasteiger partial charge in [0.05, 0.1) is 6.61 Å². The molecule has 0 atom stereocenters. The van der Waals surface area contributed by atoms with Crippen molar-refractivity contribution in [2.45, 2.75) is 34.6 Å². The molecule has 0 spiro atoms. The van der Waals surface area contributed by atoms with Gasteiger partial charge in [0.25, 0.3) is 5.97 Å². The predicted octanol–water partition coefficient (Wildman–Crippen LogP) is 2.18. The third-order valence-corrected chi connectivity index (χ3v) is 2.04. The maximum atomic E-state index is 11.3. The summed E-state index contributed by atoms with van der Waals surface area (Å²) < 4.78 is 4.91. The Bertz CT molecular complexity index is 147. The Hall–Kier alpha value is 1.26. The summed E-state index contributed by atoms with van der Waals surface area (Å²) in [7, 11) is 0. The second-order valence-corrected chi connectivity index (χ2v) is 3.35. The molecule has 2 nitrogen and oxygen atoms in total. The molecule has 0 bridgehead atoms. The van der Waals surface area contributed by atoms with Crippen LogP contribution in [0, 0.1) is 11.3 Å².